The molecule has 0 fully saturated rings. The summed E-state index contributed by atoms with van der Waals surface area (Å²) in [5.74, 6) is 0.870. The molecule has 0 bridgehead atoms. The summed E-state index contributed by atoms with van der Waals surface area (Å²) in [5, 5.41) is 3.64. The van der Waals surface area contributed by atoms with Crippen molar-refractivity contribution in [1.29, 1.82) is 0 Å². The molecule has 2 aromatic rings. The number of anilines is 1. The van der Waals surface area contributed by atoms with Crippen LogP contribution in [0.1, 0.15) is 61.8 Å². The summed E-state index contributed by atoms with van der Waals surface area (Å²) in [4.78, 5) is 14.0. The zero-order valence-electron chi connectivity index (χ0n) is 15.4. The molecule has 0 aromatic heterocycles. The van der Waals surface area contributed by atoms with Gasteiger partial charge >= 0.3 is 0 Å². The summed E-state index contributed by atoms with van der Waals surface area (Å²) in [6.45, 7) is 4.49. The van der Waals surface area contributed by atoms with Crippen LogP contribution in [-0.2, 0) is 4.79 Å². The lowest BCUT2D eigenvalue weighted by Gasteiger charge is -2.24. The zero-order valence-corrected chi connectivity index (χ0v) is 16.2. The fourth-order valence-electron chi connectivity index (χ4n) is 3.79. The van der Waals surface area contributed by atoms with Gasteiger partial charge in [-0.3, -0.25) is 4.79 Å². The van der Waals surface area contributed by atoms with Crippen molar-refractivity contribution in [2.75, 3.05) is 5.32 Å². The van der Waals surface area contributed by atoms with Crippen LogP contribution in [0, 0.1) is 0 Å². The number of para-hydroxylation sites is 1. The quantitative estimate of drug-likeness (QED) is 0.678. The van der Waals surface area contributed by atoms with Gasteiger partial charge in [-0.25, -0.2) is 0 Å². The Hall–Kier alpha value is -2.00. The number of benzene rings is 2. The fourth-order valence-corrected chi connectivity index (χ4v) is 5.13. The Morgan fingerprint density at radius 3 is 2.65 bits per heavy atom. The second-order valence-corrected chi connectivity index (χ2v) is 8.41. The van der Waals surface area contributed by atoms with Gasteiger partial charge in [0.1, 0.15) is 0 Å². The van der Waals surface area contributed by atoms with Crippen molar-refractivity contribution >= 4 is 23.2 Å². The van der Waals surface area contributed by atoms with Crippen molar-refractivity contribution < 1.29 is 4.79 Å². The predicted octanol–water partition coefficient (Wildman–Crippen LogP) is 6.47. The normalized spacial score (nSPS) is 20.7. The molecule has 2 atom stereocenters. The number of nitrogens with one attached hydrogen (secondary N) is 1. The third-order valence-corrected chi connectivity index (χ3v) is 6.91. The smallest absolute Gasteiger partial charge is 0.162 e. The lowest BCUT2D eigenvalue weighted by molar-refractivity contribution is -0.116. The average molecular weight is 364 g/mol. The minimum Gasteiger partial charge on any atom is -0.358 e. The molecule has 2 aromatic carbocycles. The first-order valence-electron chi connectivity index (χ1n) is 9.56. The van der Waals surface area contributed by atoms with Gasteiger partial charge in [-0.1, -0.05) is 50.2 Å². The van der Waals surface area contributed by atoms with Crippen LogP contribution in [0.4, 0.5) is 5.69 Å². The standard InChI is InChI=1S/C23H25NOS/c1-3-15(2)16-11-13-17(14-12-16)23-22-19(8-6-9-20(22)25)24-18-7-4-5-10-21(18)26-23/h4-5,7,10-15,23-24H,3,6,8-9H2,1-2H3/t15-,23+/m1/s1. The minimum atomic E-state index is 0.0694. The van der Waals surface area contributed by atoms with Crippen LogP contribution in [0.3, 0.4) is 0 Å². The van der Waals surface area contributed by atoms with Gasteiger partial charge in [0.15, 0.2) is 5.78 Å². The molecular formula is C23H25NOS. The molecule has 0 spiro atoms. The van der Waals surface area contributed by atoms with Crippen LogP contribution < -0.4 is 5.32 Å². The van der Waals surface area contributed by atoms with E-state index < -0.39 is 0 Å². The summed E-state index contributed by atoms with van der Waals surface area (Å²) in [6.07, 6.45) is 3.70. The summed E-state index contributed by atoms with van der Waals surface area (Å²) in [6, 6.07) is 17.3. The molecule has 2 aliphatic rings. The minimum absolute atomic E-state index is 0.0694. The van der Waals surface area contributed by atoms with Crippen molar-refractivity contribution in [3.63, 3.8) is 0 Å². The highest BCUT2D eigenvalue weighted by Crippen LogP contribution is 2.49. The highest BCUT2D eigenvalue weighted by Gasteiger charge is 2.32. The van der Waals surface area contributed by atoms with Gasteiger partial charge in [0.05, 0.1) is 10.9 Å². The Morgan fingerprint density at radius 2 is 1.88 bits per heavy atom. The summed E-state index contributed by atoms with van der Waals surface area (Å²) >= 11 is 1.80. The topological polar surface area (TPSA) is 29.1 Å². The zero-order chi connectivity index (χ0) is 18.1. The fraction of sp³-hybridized carbons (Fsp3) is 0.348. The number of rotatable bonds is 3. The molecule has 0 amide bonds. The Kier molecular flexibility index (Phi) is 4.90. The van der Waals surface area contributed by atoms with Crippen molar-refractivity contribution in [2.24, 2.45) is 0 Å². The van der Waals surface area contributed by atoms with E-state index in [1.807, 2.05) is 0 Å². The van der Waals surface area contributed by atoms with Crippen LogP contribution in [0.2, 0.25) is 0 Å². The molecule has 1 N–H and O–H groups in total. The molecule has 0 unspecified atom stereocenters. The largest absolute Gasteiger partial charge is 0.358 e. The van der Waals surface area contributed by atoms with Crippen LogP contribution in [-0.4, -0.2) is 5.78 Å². The molecule has 0 radical (unpaired) electrons. The number of allylic oxidation sites excluding steroid dienone is 1. The monoisotopic (exact) mass is 363 g/mol. The molecule has 4 rings (SSSR count). The number of Topliss-reactive ketones (excluding diaryl/α,β-unsaturated/α-hetero) is 1. The molecule has 26 heavy (non-hydrogen) atoms. The number of carbonyl (C=O) groups excluding carboxylic acids is 1. The maximum absolute atomic E-state index is 12.8. The van der Waals surface area contributed by atoms with Gasteiger partial charge in [-0.05, 0) is 48.4 Å². The molecule has 3 heteroatoms. The molecule has 1 heterocycles. The van der Waals surface area contributed by atoms with Gasteiger partial charge < -0.3 is 5.32 Å². The molecule has 0 saturated carbocycles. The predicted molar refractivity (Wildman–Crippen MR) is 110 cm³/mol. The van der Waals surface area contributed by atoms with Crippen molar-refractivity contribution in [1.82, 2.24) is 0 Å². The first-order valence-corrected chi connectivity index (χ1v) is 10.4. The number of ketones is 1. The SMILES string of the molecule is CC[C@@H](C)c1ccc([C@@H]2Sc3ccccc3NC3=C2C(=O)CCC3)cc1. The van der Waals surface area contributed by atoms with E-state index in [4.69, 9.17) is 0 Å². The van der Waals surface area contributed by atoms with Crippen molar-refractivity contribution in [2.45, 2.75) is 55.6 Å². The lowest BCUT2D eigenvalue weighted by Crippen LogP contribution is -2.19. The van der Waals surface area contributed by atoms with Crippen LogP contribution in [0.25, 0.3) is 0 Å². The summed E-state index contributed by atoms with van der Waals surface area (Å²) in [5.41, 5.74) is 5.82. The van der Waals surface area contributed by atoms with Crippen LogP contribution in [0.5, 0.6) is 0 Å². The Morgan fingerprint density at radius 1 is 1.12 bits per heavy atom. The number of hydrogen-bond donors (Lipinski definition) is 1. The summed E-state index contributed by atoms with van der Waals surface area (Å²) in [7, 11) is 0. The maximum Gasteiger partial charge on any atom is 0.162 e. The van der Waals surface area contributed by atoms with E-state index in [0.717, 1.165) is 36.2 Å². The third-order valence-electron chi connectivity index (χ3n) is 5.56. The van der Waals surface area contributed by atoms with E-state index in [-0.39, 0.29) is 5.25 Å². The molecule has 134 valence electrons. The number of carbonyl (C=O) groups is 1. The van der Waals surface area contributed by atoms with E-state index in [2.05, 4.69) is 67.7 Å². The number of hydrogen-bond acceptors (Lipinski definition) is 3. The van der Waals surface area contributed by atoms with Crippen LogP contribution >= 0.6 is 11.8 Å². The number of fused-ring (bicyclic) bond motifs is 1. The van der Waals surface area contributed by atoms with E-state index in [9.17, 15) is 4.79 Å². The molecule has 1 aliphatic carbocycles. The highest BCUT2D eigenvalue weighted by atomic mass is 32.2. The molecular weight excluding hydrogens is 338 g/mol. The van der Waals surface area contributed by atoms with Gasteiger partial charge in [0.25, 0.3) is 0 Å². The van der Waals surface area contributed by atoms with Crippen LogP contribution in [0.15, 0.2) is 64.7 Å². The van der Waals surface area contributed by atoms with E-state index >= 15 is 0 Å². The van der Waals surface area contributed by atoms with Gasteiger partial charge in [0.2, 0.25) is 0 Å². The van der Waals surface area contributed by atoms with Gasteiger partial charge in [-0.15, -0.1) is 11.8 Å². The highest BCUT2D eigenvalue weighted by molar-refractivity contribution is 8.00. The van der Waals surface area contributed by atoms with E-state index in [0.29, 0.717) is 18.1 Å². The Bertz CT molecular complexity index is 853. The summed E-state index contributed by atoms with van der Waals surface area (Å²) < 4.78 is 0. The Labute approximate surface area is 160 Å². The first-order chi connectivity index (χ1) is 12.7. The molecule has 0 saturated heterocycles. The average Bonchev–Trinajstić information content (AvgIpc) is 2.85. The van der Waals surface area contributed by atoms with E-state index in [1.54, 1.807) is 11.8 Å². The second-order valence-electron chi connectivity index (χ2n) is 7.26. The number of thioether (sulfide) groups is 1. The van der Waals surface area contributed by atoms with Crippen molar-refractivity contribution in [3.05, 3.63) is 70.9 Å². The lowest BCUT2D eigenvalue weighted by atomic mass is 9.89. The Balaban J connectivity index is 1.78. The third kappa shape index (κ3) is 3.21. The molecule has 1 aliphatic heterocycles. The van der Waals surface area contributed by atoms with Gasteiger partial charge in [-0.2, -0.15) is 0 Å². The molecule has 2 nitrogen and oxygen atoms in total. The van der Waals surface area contributed by atoms with E-state index in [1.165, 1.54) is 16.0 Å². The van der Waals surface area contributed by atoms with Gasteiger partial charge in [0, 0.05) is 22.6 Å². The second kappa shape index (κ2) is 7.32. The maximum atomic E-state index is 12.8. The van der Waals surface area contributed by atoms with Crippen molar-refractivity contribution in [3.8, 4) is 0 Å². The first kappa shape index (κ1) is 17.4.